The Labute approximate surface area is 60.3 Å². The fraction of sp³-hybridized carbons (Fsp3) is 0.833. The minimum atomic E-state index is 0.161. The minimum absolute atomic E-state index is 0.161. The van der Waals surface area contributed by atoms with E-state index in [0.717, 1.165) is 13.0 Å². The number of carbonyl (C=O) groups excluding carboxylic acids is 1. The summed E-state index contributed by atoms with van der Waals surface area (Å²) in [5.41, 5.74) is 5.89. The van der Waals surface area contributed by atoms with Gasteiger partial charge in [-0.15, -0.1) is 0 Å². The molecule has 4 heteroatoms. The van der Waals surface area contributed by atoms with Crippen LogP contribution in [0.4, 0.5) is 0 Å². The van der Waals surface area contributed by atoms with Gasteiger partial charge in [0.2, 0.25) is 5.91 Å². The summed E-state index contributed by atoms with van der Waals surface area (Å²) in [7, 11) is 1.83. The lowest BCUT2D eigenvalue weighted by Crippen LogP contribution is -2.49. The van der Waals surface area contributed by atoms with E-state index >= 15 is 0 Å². The molecule has 1 amide bonds. The Bertz CT molecular complexity index is 116. The van der Waals surface area contributed by atoms with E-state index in [1.54, 1.807) is 0 Å². The first-order valence-electron chi connectivity index (χ1n) is 3.52. The summed E-state index contributed by atoms with van der Waals surface area (Å²) in [5, 5.41) is 2.78. The zero-order chi connectivity index (χ0) is 7.40. The van der Waals surface area contributed by atoms with Crippen LogP contribution < -0.4 is 16.2 Å². The van der Waals surface area contributed by atoms with Crippen molar-refractivity contribution in [2.45, 2.75) is 18.9 Å². The molecule has 0 bridgehead atoms. The fourth-order valence-corrected chi connectivity index (χ4v) is 1.06. The van der Waals surface area contributed by atoms with Crippen LogP contribution in [-0.2, 0) is 4.79 Å². The van der Waals surface area contributed by atoms with Crippen molar-refractivity contribution in [2.75, 3.05) is 13.6 Å². The molecular formula is C6H13N3O. The van der Waals surface area contributed by atoms with E-state index in [4.69, 9.17) is 0 Å². The first kappa shape index (κ1) is 7.50. The zero-order valence-electron chi connectivity index (χ0n) is 6.11. The Morgan fingerprint density at radius 3 is 3.00 bits per heavy atom. The smallest absolute Gasteiger partial charge is 0.220 e. The predicted molar refractivity (Wildman–Crippen MR) is 38.2 cm³/mol. The Hall–Kier alpha value is -0.610. The van der Waals surface area contributed by atoms with Gasteiger partial charge in [-0.1, -0.05) is 0 Å². The third kappa shape index (κ3) is 1.97. The summed E-state index contributed by atoms with van der Waals surface area (Å²) >= 11 is 0. The van der Waals surface area contributed by atoms with Crippen molar-refractivity contribution >= 4 is 5.91 Å². The lowest BCUT2D eigenvalue weighted by atomic mass is 10.1. The van der Waals surface area contributed by atoms with Gasteiger partial charge in [-0.25, -0.2) is 0 Å². The standard InChI is InChI=1S/C6H13N3O/c1-7-9-5-2-3-6(10)8-4-5/h5,7,9H,2-4H2,1H3,(H,8,10). The highest BCUT2D eigenvalue weighted by Crippen LogP contribution is 2.00. The first-order valence-corrected chi connectivity index (χ1v) is 3.52. The number of hydrogen-bond donors (Lipinski definition) is 3. The van der Waals surface area contributed by atoms with E-state index in [9.17, 15) is 4.79 Å². The largest absolute Gasteiger partial charge is 0.354 e. The van der Waals surface area contributed by atoms with Crippen molar-refractivity contribution in [1.29, 1.82) is 0 Å². The molecule has 1 saturated heterocycles. The van der Waals surface area contributed by atoms with E-state index in [1.165, 1.54) is 0 Å². The molecule has 1 atom stereocenters. The highest BCUT2D eigenvalue weighted by Gasteiger charge is 2.15. The maximum absolute atomic E-state index is 10.7. The number of piperidine rings is 1. The van der Waals surface area contributed by atoms with Crippen molar-refractivity contribution in [1.82, 2.24) is 16.2 Å². The minimum Gasteiger partial charge on any atom is -0.354 e. The topological polar surface area (TPSA) is 53.2 Å². The Kier molecular flexibility index (Phi) is 2.65. The monoisotopic (exact) mass is 143 g/mol. The fourth-order valence-electron chi connectivity index (χ4n) is 1.06. The molecule has 1 heterocycles. The molecule has 0 aromatic carbocycles. The molecule has 0 radical (unpaired) electrons. The van der Waals surface area contributed by atoms with Gasteiger partial charge in [0.25, 0.3) is 0 Å². The Balaban J connectivity index is 2.19. The number of hydrogen-bond acceptors (Lipinski definition) is 3. The van der Waals surface area contributed by atoms with Crippen LogP contribution in [0.2, 0.25) is 0 Å². The average Bonchev–Trinajstić information content (AvgIpc) is 1.95. The van der Waals surface area contributed by atoms with Gasteiger partial charge < -0.3 is 5.32 Å². The Morgan fingerprint density at radius 2 is 2.50 bits per heavy atom. The van der Waals surface area contributed by atoms with Crippen LogP contribution >= 0.6 is 0 Å². The quantitative estimate of drug-likeness (QED) is 0.434. The van der Waals surface area contributed by atoms with Gasteiger partial charge >= 0.3 is 0 Å². The van der Waals surface area contributed by atoms with Gasteiger partial charge in [-0.3, -0.25) is 15.6 Å². The van der Waals surface area contributed by atoms with Crippen LogP contribution in [0.15, 0.2) is 0 Å². The summed E-state index contributed by atoms with van der Waals surface area (Å²) < 4.78 is 0. The molecule has 0 saturated carbocycles. The molecule has 0 aromatic heterocycles. The zero-order valence-corrected chi connectivity index (χ0v) is 6.11. The Morgan fingerprint density at radius 1 is 1.70 bits per heavy atom. The normalized spacial score (nSPS) is 26.1. The summed E-state index contributed by atoms with van der Waals surface area (Å²) in [6.07, 6.45) is 1.56. The second kappa shape index (κ2) is 3.53. The number of rotatable bonds is 2. The highest BCUT2D eigenvalue weighted by molar-refractivity contribution is 5.76. The van der Waals surface area contributed by atoms with Crippen LogP contribution in [-0.4, -0.2) is 25.5 Å². The molecule has 4 nitrogen and oxygen atoms in total. The summed E-state index contributed by atoms with van der Waals surface area (Å²) in [4.78, 5) is 10.7. The second-order valence-corrected chi connectivity index (χ2v) is 2.43. The molecule has 1 aliphatic rings. The molecule has 3 N–H and O–H groups in total. The SMILES string of the molecule is CNNC1CCC(=O)NC1. The second-order valence-electron chi connectivity index (χ2n) is 2.43. The van der Waals surface area contributed by atoms with Crippen LogP contribution in [0.1, 0.15) is 12.8 Å². The molecule has 1 fully saturated rings. The molecule has 1 aliphatic heterocycles. The summed E-state index contributed by atoms with van der Waals surface area (Å²) in [6, 6.07) is 0.391. The molecule has 58 valence electrons. The average molecular weight is 143 g/mol. The van der Waals surface area contributed by atoms with Gasteiger partial charge in [-0.2, -0.15) is 0 Å². The van der Waals surface area contributed by atoms with E-state index in [0.29, 0.717) is 12.5 Å². The van der Waals surface area contributed by atoms with Crippen molar-refractivity contribution in [2.24, 2.45) is 0 Å². The molecule has 0 aliphatic carbocycles. The maximum atomic E-state index is 10.7. The summed E-state index contributed by atoms with van der Waals surface area (Å²) in [5.74, 6) is 0.161. The molecule has 10 heavy (non-hydrogen) atoms. The number of hydrazine groups is 1. The van der Waals surface area contributed by atoms with E-state index in [1.807, 2.05) is 7.05 Å². The van der Waals surface area contributed by atoms with Crippen LogP contribution in [0, 0.1) is 0 Å². The van der Waals surface area contributed by atoms with Gasteiger partial charge in [0.1, 0.15) is 0 Å². The van der Waals surface area contributed by atoms with Gasteiger partial charge in [-0.05, 0) is 13.5 Å². The van der Waals surface area contributed by atoms with Crippen molar-refractivity contribution in [3.63, 3.8) is 0 Å². The molecule has 1 unspecified atom stereocenters. The highest BCUT2D eigenvalue weighted by atomic mass is 16.1. The molecule has 1 rings (SSSR count). The van der Waals surface area contributed by atoms with Crippen molar-refractivity contribution in [3.8, 4) is 0 Å². The number of carbonyl (C=O) groups is 1. The lowest BCUT2D eigenvalue weighted by molar-refractivity contribution is -0.122. The first-order chi connectivity index (χ1) is 4.83. The van der Waals surface area contributed by atoms with Gasteiger partial charge in [0.05, 0.1) is 0 Å². The molecule has 0 aromatic rings. The molecular weight excluding hydrogens is 130 g/mol. The van der Waals surface area contributed by atoms with Crippen molar-refractivity contribution < 1.29 is 4.79 Å². The third-order valence-electron chi connectivity index (χ3n) is 1.61. The third-order valence-corrected chi connectivity index (χ3v) is 1.61. The number of nitrogens with one attached hydrogen (secondary N) is 3. The van der Waals surface area contributed by atoms with E-state index < -0.39 is 0 Å². The predicted octanol–water partition coefficient (Wildman–Crippen LogP) is -1.01. The van der Waals surface area contributed by atoms with E-state index in [-0.39, 0.29) is 5.91 Å². The van der Waals surface area contributed by atoms with Gasteiger partial charge in [0, 0.05) is 19.0 Å². The van der Waals surface area contributed by atoms with Crippen LogP contribution in [0.25, 0.3) is 0 Å². The van der Waals surface area contributed by atoms with Crippen LogP contribution in [0.3, 0.4) is 0 Å². The van der Waals surface area contributed by atoms with Gasteiger partial charge in [0.15, 0.2) is 0 Å². The van der Waals surface area contributed by atoms with E-state index in [2.05, 4.69) is 16.2 Å². The van der Waals surface area contributed by atoms with Crippen molar-refractivity contribution in [3.05, 3.63) is 0 Å². The van der Waals surface area contributed by atoms with Crippen LogP contribution in [0.5, 0.6) is 0 Å². The maximum Gasteiger partial charge on any atom is 0.220 e. The lowest BCUT2D eigenvalue weighted by Gasteiger charge is -2.22. The molecule has 0 spiro atoms. The number of amides is 1. The summed E-state index contributed by atoms with van der Waals surface area (Å²) in [6.45, 7) is 0.736.